The minimum atomic E-state index is -0.0786. The Morgan fingerprint density at radius 1 is 0.410 bits per heavy atom. The van der Waals surface area contributed by atoms with Crippen LogP contribution in [0.4, 0.5) is 11.4 Å². The van der Waals surface area contributed by atoms with Gasteiger partial charge in [0.05, 0.1) is 0 Å². The van der Waals surface area contributed by atoms with E-state index < -0.39 is 0 Å². The normalized spacial score (nSPS) is 16.3. The van der Waals surface area contributed by atoms with Crippen LogP contribution in [0.25, 0.3) is 55.6 Å². The fourth-order valence-electron chi connectivity index (χ4n) is 10.5. The van der Waals surface area contributed by atoms with E-state index in [4.69, 9.17) is 0 Å². The van der Waals surface area contributed by atoms with Gasteiger partial charge in [-0.25, -0.2) is 0 Å². The van der Waals surface area contributed by atoms with Crippen molar-refractivity contribution in [2.75, 3.05) is 4.90 Å². The van der Waals surface area contributed by atoms with E-state index in [1.165, 1.54) is 94.8 Å². The predicted octanol–water partition coefficient (Wildman–Crippen LogP) is 16.1. The zero-order valence-corrected chi connectivity index (χ0v) is 35.4. The highest BCUT2D eigenvalue weighted by molar-refractivity contribution is 5.94. The molecule has 3 aliphatic carbocycles. The number of nitrogens with zero attached hydrogens (tertiary/aromatic N) is 1. The van der Waals surface area contributed by atoms with Crippen LogP contribution < -0.4 is 4.90 Å². The highest BCUT2D eigenvalue weighted by atomic mass is 15.1. The SMILES string of the molecule is CC1(C)c2ccccc2-c2ccc(N(C3=CCC(c4ccccc4)C=C3)c3ccc(-c4ccc(-c5ccc6c(c5)-c5c(-c7ccccc7)cccc5C6(C)C)cc4)cc3)cc21. The fraction of sp³-hybridized carbons (Fsp3) is 0.133. The summed E-state index contributed by atoms with van der Waals surface area (Å²) in [5.74, 6) is 0.372. The van der Waals surface area contributed by atoms with Gasteiger partial charge in [-0.3, -0.25) is 0 Å². The van der Waals surface area contributed by atoms with Crippen molar-refractivity contribution >= 4 is 11.4 Å². The molecule has 0 aromatic heterocycles. The lowest BCUT2D eigenvalue weighted by molar-refractivity contribution is 0.660. The van der Waals surface area contributed by atoms with E-state index in [1.807, 2.05) is 0 Å². The zero-order chi connectivity index (χ0) is 41.3. The van der Waals surface area contributed by atoms with Gasteiger partial charge in [0, 0.05) is 33.8 Å². The Bertz CT molecular complexity index is 3020. The topological polar surface area (TPSA) is 3.24 Å². The summed E-state index contributed by atoms with van der Waals surface area (Å²) in [4.78, 5) is 2.44. The predicted molar refractivity (Wildman–Crippen MR) is 257 cm³/mol. The third-order valence-electron chi connectivity index (χ3n) is 13.9. The number of hydrogen-bond acceptors (Lipinski definition) is 1. The number of anilines is 2. The Hall–Kier alpha value is -6.96. The average molecular weight is 784 g/mol. The third kappa shape index (κ3) is 6.14. The van der Waals surface area contributed by atoms with Crippen molar-refractivity contribution in [3.63, 3.8) is 0 Å². The molecule has 0 saturated heterocycles. The van der Waals surface area contributed by atoms with Gasteiger partial charge in [0.15, 0.2) is 0 Å². The van der Waals surface area contributed by atoms with E-state index in [0.29, 0.717) is 5.92 Å². The summed E-state index contributed by atoms with van der Waals surface area (Å²) in [5, 5.41) is 0. The molecule has 0 N–H and O–H groups in total. The number of hydrogen-bond donors (Lipinski definition) is 0. The monoisotopic (exact) mass is 783 g/mol. The molecule has 1 atom stereocenters. The van der Waals surface area contributed by atoms with Crippen LogP contribution in [0.5, 0.6) is 0 Å². The van der Waals surface area contributed by atoms with Gasteiger partial charge < -0.3 is 4.90 Å². The summed E-state index contributed by atoms with van der Waals surface area (Å²) in [6, 6.07) is 69.8. The van der Waals surface area contributed by atoms with Crippen LogP contribution in [0.15, 0.2) is 212 Å². The summed E-state index contributed by atoms with van der Waals surface area (Å²) in [6.07, 6.45) is 8.07. The van der Waals surface area contributed by atoms with Gasteiger partial charge in [-0.2, -0.15) is 0 Å². The minimum absolute atomic E-state index is 0.0586. The molecule has 0 fully saturated rings. The first kappa shape index (κ1) is 37.1. The summed E-state index contributed by atoms with van der Waals surface area (Å²) >= 11 is 0. The van der Waals surface area contributed by atoms with Crippen molar-refractivity contribution in [1.29, 1.82) is 0 Å². The second-order valence-corrected chi connectivity index (χ2v) is 18.1. The lowest BCUT2D eigenvalue weighted by atomic mass is 9.81. The van der Waals surface area contributed by atoms with E-state index in [0.717, 1.165) is 12.1 Å². The number of benzene rings is 8. The summed E-state index contributed by atoms with van der Waals surface area (Å²) in [6.45, 7) is 9.45. The third-order valence-corrected chi connectivity index (χ3v) is 13.9. The van der Waals surface area contributed by atoms with Crippen molar-refractivity contribution in [2.24, 2.45) is 0 Å². The Morgan fingerprint density at radius 3 is 1.69 bits per heavy atom. The van der Waals surface area contributed by atoms with Crippen molar-refractivity contribution in [1.82, 2.24) is 0 Å². The molecule has 0 saturated carbocycles. The van der Waals surface area contributed by atoms with Crippen LogP contribution in [0.2, 0.25) is 0 Å². The molecule has 0 spiro atoms. The summed E-state index contributed by atoms with van der Waals surface area (Å²) in [7, 11) is 0. The number of rotatable bonds is 7. The van der Waals surface area contributed by atoms with Crippen LogP contribution in [-0.4, -0.2) is 0 Å². The maximum atomic E-state index is 2.44. The number of allylic oxidation sites excluding steroid dienone is 3. The Kier molecular flexibility index (Phi) is 8.72. The minimum Gasteiger partial charge on any atom is -0.311 e. The van der Waals surface area contributed by atoms with Gasteiger partial charge in [-0.1, -0.05) is 198 Å². The molecule has 1 heteroatoms. The maximum absolute atomic E-state index is 2.44. The molecule has 8 aromatic carbocycles. The Labute approximate surface area is 361 Å². The van der Waals surface area contributed by atoms with Crippen LogP contribution >= 0.6 is 0 Å². The molecule has 0 bridgehead atoms. The fourth-order valence-corrected chi connectivity index (χ4v) is 10.5. The van der Waals surface area contributed by atoms with E-state index in [-0.39, 0.29) is 10.8 Å². The molecule has 0 heterocycles. The standard InChI is InChI=1S/C60H49N/c1-59(2)55-37-30-46(38-53(55)58-50(19-13-21-56(58)59)45-16-9-6-10-17-45)44-24-22-41(23-25-44)43-28-33-48(34-29-43)61(47-31-26-42(27-32-47)40-14-7-5-8-15-40)49-35-36-52-51-18-11-12-20-54(51)60(3,4)57(52)39-49/h5-26,28-39,42H,27H2,1-4H3. The molecule has 8 aromatic rings. The quantitative estimate of drug-likeness (QED) is 0.156. The Morgan fingerprint density at radius 2 is 0.967 bits per heavy atom. The van der Waals surface area contributed by atoms with Gasteiger partial charge in [-0.05, 0) is 126 Å². The van der Waals surface area contributed by atoms with Gasteiger partial charge in [-0.15, -0.1) is 0 Å². The largest absolute Gasteiger partial charge is 0.311 e. The molecule has 0 amide bonds. The van der Waals surface area contributed by atoms with Crippen LogP contribution in [0, 0.1) is 0 Å². The summed E-state index contributed by atoms with van der Waals surface area (Å²) < 4.78 is 0. The van der Waals surface area contributed by atoms with Gasteiger partial charge in [0.1, 0.15) is 0 Å². The van der Waals surface area contributed by atoms with E-state index >= 15 is 0 Å². The lowest BCUT2D eigenvalue weighted by Crippen LogP contribution is -2.19. The molecule has 11 rings (SSSR count). The van der Waals surface area contributed by atoms with Crippen LogP contribution in [0.3, 0.4) is 0 Å². The zero-order valence-electron chi connectivity index (χ0n) is 35.4. The van der Waals surface area contributed by atoms with Crippen molar-refractivity contribution < 1.29 is 0 Å². The molecule has 61 heavy (non-hydrogen) atoms. The molecule has 294 valence electrons. The second kappa shape index (κ2) is 14.4. The van der Waals surface area contributed by atoms with E-state index in [9.17, 15) is 0 Å². The molecule has 3 aliphatic rings. The van der Waals surface area contributed by atoms with Crippen LogP contribution in [-0.2, 0) is 10.8 Å². The highest BCUT2D eigenvalue weighted by Gasteiger charge is 2.38. The van der Waals surface area contributed by atoms with E-state index in [1.54, 1.807) is 0 Å². The lowest BCUT2D eigenvalue weighted by Gasteiger charge is -2.31. The van der Waals surface area contributed by atoms with Gasteiger partial charge >= 0.3 is 0 Å². The second-order valence-electron chi connectivity index (χ2n) is 18.1. The first-order valence-electron chi connectivity index (χ1n) is 21.8. The van der Waals surface area contributed by atoms with Crippen molar-refractivity contribution in [3.8, 4) is 55.6 Å². The molecule has 1 unspecified atom stereocenters. The van der Waals surface area contributed by atoms with E-state index in [2.05, 4.69) is 239 Å². The van der Waals surface area contributed by atoms with Crippen molar-refractivity contribution in [3.05, 3.63) is 240 Å². The summed E-state index contributed by atoms with van der Waals surface area (Å²) in [5.41, 5.74) is 23.2. The van der Waals surface area contributed by atoms with Crippen LogP contribution in [0.1, 0.15) is 67.9 Å². The molecule has 1 nitrogen and oxygen atoms in total. The van der Waals surface area contributed by atoms with Gasteiger partial charge in [0.2, 0.25) is 0 Å². The first-order valence-corrected chi connectivity index (χ1v) is 21.8. The highest BCUT2D eigenvalue weighted by Crippen LogP contribution is 2.53. The average Bonchev–Trinajstić information content (AvgIpc) is 3.69. The molecular formula is C60H49N. The maximum Gasteiger partial charge on any atom is 0.0464 e. The first-order chi connectivity index (χ1) is 29.8. The smallest absolute Gasteiger partial charge is 0.0464 e. The van der Waals surface area contributed by atoms with Gasteiger partial charge in [0.25, 0.3) is 0 Å². The van der Waals surface area contributed by atoms with Crippen molar-refractivity contribution in [2.45, 2.75) is 50.9 Å². The molecule has 0 radical (unpaired) electrons. The molecule has 0 aliphatic heterocycles. The molecular weight excluding hydrogens is 735 g/mol. The Balaban J connectivity index is 0.915. The number of fused-ring (bicyclic) bond motifs is 6.